The highest BCUT2D eigenvalue weighted by Gasteiger charge is 2.41. The Hall–Kier alpha value is -3.97. The highest BCUT2D eigenvalue weighted by Crippen LogP contribution is 2.41. The predicted octanol–water partition coefficient (Wildman–Crippen LogP) is 5.86. The molecule has 3 heterocycles. The van der Waals surface area contributed by atoms with Crippen molar-refractivity contribution in [1.29, 1.82) is 0 Å². The van der Waals surface area contributed by atoms with Crippen LogP contribution in [0.3, 0.4) is 0 Å². The van der Waals surface area contributed by atoms with Crippen molar-refractivity contribution in [2.24, 2.45) is 0 Å². The summed E-state index contributed by atoms with van der Waals surface area (Å²) in [7, 11) is 0. The maximum atomic E-state index is 12.9. The molecule has 6 nitrogen and oxygen atoms in total. The van der Waals surface area contributed by atoms with Crippen LogP contribution < -0.4 is 10.6 Å². The van der Waals surface area contributed by atoms with Crippen LogP contribution in [-0.4, -0.2) is 32.0 Å². The fourth-order valence-electron chi connectivity index (χ4n) is 5.29. The predicted molar refractivity (Wildman–Crippen MR) is 156 cm³/mol. The Labute approximate surface area is 229 Å². The average Bonchev–Trinajstić information content (AvgIpc) is 3.39. The number of thiocarbonyl (C=S) groups is 1. The molecule has 38 heavy (non-hydrogen) atoms. The smallest absolute Gasteiger partial charge is 0.226 e. The summed E-state index contributed by atoms with van der Waals surface area (Å²) in [5.74, 6) is -0.0343. The third-order valence-corrected chi connectivity index (χ3v) is 7.55. The monoisotopic (exact) mass is 523 g/mol. The molecule has 0 bridgehead atoms. The number of amides is 1. The van der Waals surface area contributed by atoms with Crippen molar-refractivity contribution in [2.75, 3.05) is 11.9 Å². The number of pyridine rings is 1. The summed E-state index contributed by atoms with van der Waals surface area (Å²) < 4.78 is 2.35. The first-order chi connectivity index (χ1) is 18.4. The van der Waals surface area contributed by atoms with Crippen molar-refractivity contribution in [2.45, 2.75) is 45.8 Å². The Morgan fingerprint density at radius 1 is 1.00 bits per heavy atom. The second kappa shape index (κ2) is 11.2. The lowest BCUT2D eigenvalue weighted by Gasteiger charge is -2.28. The number of aromatic nitrogens is 2. The number of nitrogens with zero attached hydrogens (tertiary/aromatic N) is 3. The van der Waals surface area contributed by atoms with Gasteiger partial charge in [0.1, 0.15) is 0 Å². The van der Waals surface area contributed by atoms with Gasteiger partial charge in [0.15, 0.2) is 5.11 Å². The first-order valence-electron chi connectivity index (χ1n) is 13.0. The molecule has 4 aromatic rings. The summed E-state index contributed by atoms with van der Waals surface area (Å²) >= 11 is 5.83. The lowest BCUT2D eigenvalue weighted by atomic mass is 9.96. The molecule has 0 radical (unpaired) electrons. The maximum Gasteiger partial charge on any atom is 0.226 e. The van der Waals surface area contributed by atoms with Gasteiger partial charge in [0.25, 0.3) is 0 Å². The summed E-state index contributed by atoms with van der Waals surface area (Å²) in [4.78, 5) is 19.7. The zero-order valence-corrected chi connectivity index (χ0v) is 22.8. The molecule has 1 saturated heterocycles. The van der Waals surface area contributed by atoms with Crippen LogP contribution >= 0.6 is 12.2 Å². The average molecular weight is 524 g/mol. The maximum absolute atomic E-state index is 12.9. The van der Waals surface area contributed by atoms with Gasteiger partial charge in [-0.05, 0) is 80.0 Å². The largest absolute Gasteiger partial charge is 0.352 e. The van der Waals surface area contributed by atoms with Gasteiger partial charge in [-0.3, -0.25) is 9.78 Å². The standard InChI is InChI=1S/C31H33N5OS/c1-21-10-9-13-25(18-21)33-28(37)15-17-35-30(29(34-31(35)38)27-14-7-8-16-32-27)26-19-22(2)36(23(26)3)20-24-11-5-4-6-12-24/h4-14,16,18-19,29-30H,15,17,20H2,1-3H3,(H,33,37)(H,34,38)/t29-,30-/m1/s1. The van der Waals surface area contributed by atoms with E-state index in [1.165, 1.54) is 22.5 Å². The third kappa shape index (κ3) is 5.48. The molecule has 5 rings (SSSR count). The number of hydrogen-bond donors (Lipinski definition) is 2. The van der Waals surface area contributed by atoms with E-state index in [-0.39, 0.29) is 18.0 Å². The highest BCUT2D eigenvalue weighted by atomic mass is 32.1. The van der Waals surface area contributed by atoms with Gasteiger partial charge in [0.05, 0.1) is 17.8 Å². The van der Waals surface area contributed by atoms with E-state index in [4.69, 9.17) is 12.2 Å². The van der Waals surface area contributed by atoms with Gasteiger partial charge in [-0.15, -0.1) is 0 Å². The van der Waals surface area contributed by atoms with Crippen molar-refractivity contribution >= 4 is 28.9 Å². The molecule has 1 aliphatic heterocycles. The van der Waals surface area contributed by atoms with E-state index in [2.05, 4.69) is 69.3 Å². The quantitative estimate of drug-likeness (QED) is 0.283. The number of hydrogen-bond acceptors (Lipinski definition) is 3. The van der Waals surface area contributed by atoms with Crippen LogP contribution in [0.2, 0.25) is 0 Å². The molecule has 0 spiro atoms. The van der Waals surface area contributed by atoms with Gasteiger partial charge in [-0.2, -0.15) is 0 Å². The molecule has 0 saturated carbocycles. The zero-order chi connectivity index (χ0) is 26.6. The summed E-state index contributed by atoms with van der Waals surface area (Å²) in [5, 5.41) is 7.18. The second-order valence-electron chi connectivity index (χ2n) is 9.89. The van der Waals surface area contributed by atoms with Gasteiger partial charge in [0, 0.05) is 42.8 Å². The molecule has 1 fully saturated rings. The second-order valence-corrected chi connectivity index (χ2v) is 10.3. The van der Waals surface area contributed by atoms with Crippen molar-refractivity contribution in [3.05, 3.63) is 119 Å². The molecule has 194 valence electrons. The van der Waals surface area contributed by atoms with Crippen LogP contribution in [-0.2, 0) is 11.3 Å². The third-order valence-electron chi connectivity index (χ3n) is 7.19. The molecule has 1 amide bonds. The first kappa shape index (κ1) is 25.7. The van der Waals surface area contributed by atoms with Gasteiger partial charge in [0.2, 0.25) is 5.91 Å². The Balaban J connectivity index is 1.43. The number of nitrogens with one attached hydrogen (secondary N) is 2. The molecular weight excluding hydrogens is 490 g/mol. The summed E-state index contributed by atoms with van der Waals surface area (Å²) in [6.07, 6.45) is 2.14. The molecule has 1 aliphatic rings. The van der Waals surface area contributed by atoms with E-state index in [9.17, 15) is 4.79 Å². The summed E-state index contributed by atoms with van der Waals surface area (Å²) in [5.41, 5.74) is 7.68. The Morgan fingerprint density at radius 2 is 1.79 bits per heavy atom. The van der Waals surface area contributed by atoms with Gasteiger partial charge in [-0.25, -0.2) is 0 Å². The van der Waals surface area contributed by atoms with Crippen LogP contribution in [0.4, 0.5) is 5.69 Å². The van der Waals surface area contributed by atoms with Gasteiger partial charge >= 0.3 is 0 Å². The number of carbonyl (C=O) groups is 1. The van der Waals surface area contributed by atoms with Crippen LogP contribution in [0.5, 0.6) is 0 Å². The van der Waals surface area contributed by atoms with E-state index in [0.29, 0.717) is 18.1 Å². The Bertz CT molecular complexity index is 1430. The van der Waals surface area contributed by atoms with E-state index in [1.807, 2.05) is 61.7 Å². The first-order valence-corrected chi connectivity index (χ1v) is 13.4. The SMILES string of the molecule is Cc1cccc(NC(=O)CCN2C(=S)N[C@H](c3ccccn3)[C@H]2c2cc(C)n(Cc3ccccc3)c2C)c1. The fourth-order valence-corrected chi connectivity index (χ4v) is 5.62. The molecule has 2 aromatic heterocycles. The summed E-state index contributed by atoms with van der Waals surface area (Å²) in [6, 6.07) is 26.4. The minimum absolute atomic E-state index is 0.0343. The molecular formula is C31H33N5OS. The van der Waals surface area contributed by atoms with Crippen LogP contribution in [0.1, 0.15) is 52.3 Å². The van der Waals surface area contributed by atoms with Crippen molar-refractivity contribution in [1.82, 2.24) is 19.8 Å². The van der Waals surface area contributed by atoms with E-state index < -0.39 is 0 Å². The van der Waals surface area contributed by atoms with E-state index in [0.717, 1.165) is 23.5 Å². The van der Waals surface area contributed by atoms with Crippen molar-refractivity contribution < 1.29 is 4.79 Å². The number of anilines is 1. The topological polar surface area (TPSA) is 62.2 Å². The normalized spacial score (nSPS) is 16.9. The molecule has 2 atom stereocenters. The Morgan fingerprint density at radius 3 is 2.53 bits per heavy atom. The lowest BCUT2D eigenvalue weighted by Crippen LogP contribution is -2.33. The van der Waals surface area contributed by atoms with Gasteiger partial charge in [-0.1, -0.05) is 48.5 Å². The Kier molecular flexibility index (Phi) is 7.56. The van der Waals surface area contributed by atoms with Crippen molar-refractivity contribution in [3.63, 3.8) is 0 Å². The molecule has 7 heteroatoms. The molecule has 0 aliphatic carbocycles. The highest BCUT2D eigenvalue weighted by molar-refractivity contribution is 7.80. The van der Waals surface area contributed by atoms with E-state index >= 15 is 0 Å². The van der Waals surface area contributed by atoms with Crippen LogP contribution in [0.15, 0.2) is 85.1 Å². The zero-order valence-electron chi connectivity index (χ0n) is 22.0. The fraction of sp³-hybridized carbons (Fsp3) is 0.258. The number of rotatable bonds is 8. The molecule has 2 N–H and O–H groups in total. The van der Waals surface area contributed by atoms with E-state index in [1.54, 1.807) is 0 Å². The minimum atomic E-state index is -0.116. The molecule has 0 unspecified atom stereocenters. The van der Waals surface area contributed by atoms with Crippen LogP contribution in [0.25, 0.3) is 0 Å². The number of aryl methyl sites for hydroxylation is 2. The molecule has 2 aromatic carbocycles. The van der Waals surface area contributed by atoms with Crippen LogP contribution in [0, 0.1) is 20.8 Å². The minimum Gasteiger partial charge on any atom is -0.352 e. The lowest BCUT2D eigenvalue weighted by molar-refractivity contribution is -0.116. The number of carbonyl (C=O) groups excluding carboxylic acids is 1. The van der Waals surface area contributed by atoms with Gasteiger partial charge < -0.3 is 20.1 Å². The van der Waals surface area contributed by atoms with Crippen molar-refractivity contribution in [3.8, 4) is 0 Å². The summed E-state index contributed by atoms with van der Waals surface area (Å²) in [6.45, 7) is 7.64. The number of benzene rings is 2.